The molecule has 2 unspecified atom stereocenters. The molecule has 1 aliphatic rings. The van der Waals surface area contributed by atoms with E-state index < -0.39 is 0 Å². The number of likely N-dealkylation sites (N-methyl/N-ethyl adjacent to an activating group) is 2. The molecule has 1 aliphatic carbocycles. The van der Waals surface area contributed by atoms with Crippen LogP contribution in [0.4, 0.5) is 0 Å². The van der Waals surface area contributed by atoms with Gasteiger partial charge in [-0.2, -0.15) is 11.3 Å². The van der Waals surface area contributed by atoms with Gasteiger partial charge < -0.3 is 10.6 Å². The maximum atomic E-state index is 12.3. The number of hydrogen-bond donors (Lipinski definition) is 1. The lowest BCUT2D eigenvalue weighted by Gasteiger charge is -2.30. The molecule has 1 aromatic rings. The van der Waals surface area contributed by atoms with E-state index in [1.165, 1.54) is 24.8 Å². The van der Waals surface area contributed by atoms with Crippen LogP contribution in [0, 0.1) is 5.92 Å². The molecule has 0 spiro atoms. The fraction of sp³-hybridized carbons (Fsp3) is 0.667. The van der Waals surface area contributed by atoms with Crippen LogP contribution in [-0.2, 0) is 11.3 Å². The Labute approximate surface area is 125 Å². The molecule has 112 valence electrons. The Bertz CT molecular complexity index is 421. The third-order valence-corrected chi connectivity index (χ3v) is 5.03. The summed E-state index contributed by atoms with van der Waals surface area (Å²) >= 11 is 1.67. The largest absolute Gasteiger partial charge is 0.340 e. The molecule has 4 nitrogen and oxygen atoms in total. The molecule has 1 heterocycles. The van der Waals surface area contributed by atoms with Crippen molar-refractivity contribution < 1.29 is 4.79 Å². The predicted molar refractivity (Wildman–Crippen MR) is 83.6 cm³/mol. The molecule has 1 saturated carbocycles. The SMILES string of the molecule is CN(Cc1ccsc1)C(=O)CN(C)C1CCCC1CN. The highest BCUT2D eigenvalue weighted by Gasteiger charge is 2.30. The van der Waals surface area contributed by atoms with Gasteiger partial charge in [-0.05, 0) is 54.7 Å². The fourth-order valence-corrected chi connectivity index (χ4v) is 3.73. The van der Waals surface area contributed by atoms with E-state index in [9.17, 15) is 4.79 Å². The smallest absolute Gasteiger partial charge is 0.236 e. The lowest BCUT2D eigenvalue weighted by Crippen LogP contribution is -2.43. The van der Waals surface area contributed by atoms with Gasteiger partial charge >= 0.3 is 0 Å². The molecular weight excluding hydrogens is 270 g/mol. The van der Waals surface area contributed by atoms with Crippen LogP contribution in [0.2, 0.25) is 0 Å². The van der Waals surface area contributed by atoms with Crippen LogP contribution >= 0.6 is 11.3 Å². The Morgan fingerprint density at radius 3 is 2.90 bits per heavy atom. The summed E-state index contributed by atoms with van der Waals surface area (Å²) < 4.78 is 0. The van der Waals surface area contributed by atoms with Gasteiger partial charge in [0.25, 0.3) is 0 Å². The summed E-state index contributed by atoms with van der Waals surface area (Å²) in [6.45, 7) is 1.91. The second kappa shape index (κ2) is 7.20. The van der Waals surface area contributed by atoms with Crippen molar-refractivity contribution >= 4 is 17.2 Å². The molecule has 1 amide bonds. The molecule has 2 rings (SSSR count). The third kappa shape index (κ3) is 3.81. The molecule has 2 atom stereocenters. The lowest BCUT2D eigenvalue weighted by atomic mass is 10.0. The highest BCUT2D eigenvalue weighted by Crippen LogP contribution is 2.28. The number of nitrogens with two attached hydrogens (primary N) is 1. The van der Waals surface area contributed by atoms with Crippen molar-refractivity contribution in [3.8, 4) is 0 Å². The minimum absolute atomic E-state index is 0.182. The zero-order chi connectivity index (χ0) is 14.5. The Morgan fingerprint density at radius 1 is 1.45 bits per heavy atom. The van der Waals surface area contributed by atoms with E-state index in [-0.39, 0.29) is 5.91 Å². The van der Waals surface area contributed by atoms with Gasteiger partial charge in [-0.25, -0.2) is 0 Å². The topological polar surface area (TPSA) is 49.6 Å². The van der Waals surface area contributed by atoms with Gasteiger partial charge in [-0.3, -0.25) is 9.69 Å². The van der Waals surface area contributed by atoms with Crippen molar-refractivity contribution in [3.63, 3.8) is 0 Å². The van der Waals surface area contributed by atoms with Crippen molar-refractivity contribution in [2.45, 2.75) is 31.8 Å². The number of amides is 1. The van der Waals surface area contributed by atoms with Gasteiger partial charge in [0.05, 0.1) is 6.54 Å². The number of carbonyl (C=O) groups is 1. The van der Waals surface area contributed by atoms with Crippen LogP contribution in [-0.4, -0.2) is 48.9 Å². The first-order valence-electron chi connectivity index (χ1n) is 7.27. The fourth-order valence-electron chi connectivity index (χ4n) is 3.07. The minimum atomic E-state index is 0.182. The van der Waals surface area contributed by atoms with Crippen LogP contribution < -0.4 is 5.73 Å². The first-order valence-corrected chi connectivity index (χ1v) is 8.21. The van der Waals surface area contributed by atoms with Crippen LogP contribution in [0.15, 0.2) is 16.8 Å². The molecule has 1 fully saturated rings. The van der Waals surface area contributed by atoms with Crippen LogP contribution in [0.3, 0.4) is 0 Å². The van der Waals surface area contributed by atoms with Gasteiger partial charge in [0.1, 0.15) is 0 Å². The molecule has 0 saturated heterocycles. The summed E-state index contributed by atoms with van der Waals surface area (Å²) in [5.74, 6) is 0.733. The molecule has 0 aromatic carbocycles. The third-order valence-electron chi connectivity index (χ3n) is 4.30. The maximum absolute atomic E-state index is 12.3. The second-order valence-electron chi connectivity index (χ2n) is 5.79. The zero-order valence-corrected chi connectivity index (χ0v) is 13.2. The van der Waals surface area contributed by atoms with Gasteiger partial charge in [-0.1, -0.05) is 6.42 Å². The normalized spacial score (nSPS) is 22.4. The second-order valence-corrected chi connectivity index (χ2v) is 6.57. The lowest BCUT2D eigenvalue weighted by molar-refractivity contribution is -0.132. The maximum Gasteiger partial charge on any atom is 0.236 e. The van der Waals surface area contributed by atoms with Crippen LogP contribution in [0.25, 0.3) is 0 Å². The monoisotopic (exact) mass is 295 g/mol. The van der Waals surface area contributed by atoms with Crippen molar-refractivity contribution in [2.24, 2.45) is 11.7 Å². The van der Waals surface area contributed by atoms with E-state index in [2.05, 4.69) is 23.4 Å². The number of thiophene rings is 1. The molecule has 20 heavy (non-hydrogen) atoms. The number of carbonyl (C=O) groups excluding carboxylic acids is 1. The molecule has 1 aromatic heterocycles. The van der Waals surface area contributed by atoms with Crippen molar-refractivity contribution in [1.82, 2.24) is 9.80 Å². The van der Waals surface area contributed by atoms with Gasteiger partial charge in [0.15, 0.2) is 0 Å². The molecule has 0 radical (unpaired) electrons. The molecular formula is C15H25N3OS. The van der Waals surface area contributed by atoms with E-state index in [4.69, 9.17) is 5.73 Å². The average molecular weight is 295 g/mol. The van der Waals surface area contributed by atoms with E-state index in [0.29, 0.717) is 25.0 Å². The summed E-state index contributed by atoms with van der Waals surface area (Å²) in [5.41, 5.74) is 7.03. The van der Waals surface area contributed by atoms with Gasteiger partial charge in [0.2, 0.25) is 5.91 Å². The Hall–Kier alpha value is -0.910. The van der Waals surface area contributed by atoms with E-state index in [0.717, 1.165) is 6.54 Å². The van der Waals surface area contributed by atoms with E-state index >= 15 is 0 Å². The number of rotatable bonds is 6. The quantitative estimate of drug-likeness (QED) is 0.870. The Balaban J connectivity index is 1.83. The van der Waals surface area contributed by atoms with Crippen LogP contribution in [0.5, 0.6) is 0 Å². The minimum Gasteiger partial charge on any atom is -0.340 e. The first-order chi connectivity index (χ1) is 9.61. The van der Waals surface area contributed by atoms with Gasteiger partial charge in [-0.15, -0.1) is 0 Å². The Kier molecular flexibility index (Phi) is 5.57. The average Bonchev–Trinajstić information content (AvgIpc) is 3.08. The molecule has 0 aliphatic heterocycles. The Morgan fingerprint density at radius 2 is 2.25 bits per heavy atom. The number of hydrogen-bond acceptors (Lipinski definition) is 4. The standard InChI is InChI=1S/C15H25N3OS/c1-17(14-5-3-4-13(14)8-16)10-15(19)18(2)9-12-6-7-20-11-12/h6-7,11,13-14H,3-5,8-10,16H2,1-2H3. The summed E-state index contributed by atoms with van der Waals surface area (Å²) in [6.07, 6.45) is 3.60. The summed E-state index contributed by atoms with van der Waals surface area (Å²) in [4.78, 5) is 16.3. The molecule has 5 heteroatoms. The first kappa shape index (κ1) is 15.5. The molecule has 0 bridgehead atoms. The zero-order valence-electron chi connectivity index (χ0n) is 12.4. The summed E-state index contributed by atoms with van der Waals surface area (Å²) in [7, 11) is 3.93. The van der Waals surface area contributed by atoms with Gasteiger partial charge in [0, 0.05) is 19.6 Å². The highest BCUT2D eigenvalue weighted by atomic mass is 32.1. The number of nitrogens with zero attached hydrogens (tertiary/aromatic N) is 2. The predicted octanol–water partition coefficient (Wildman–Crippen LogP) is 1.77. The summed E-state index contributed by atoms with van der Waals surface area (Å²) in [5, 5.41) is 4.14. The summed E-state index contributed by atoms with van der Waals surface area (Å²) in [6, 6.07) is 2.54. The van der Waals surface area contributed by atoms with E-state index in [1.54, 1.807) is 11.3 Å². The van der Waals surface area contributed by atoms with Crippen LogP contribution in [0.1, 0.15) is 24.8 Å². The van der Waals surface area contributed by atoms with Crippen molar-refractivity contribution in [3.05, 3.63) is 22.4 Å². The highest BCUT2D eigenvalue weighted by molar-refractivity contribution is 7.07. The van der Waals surface area contributed by atoms with Crippen molar-refractivity contribution in [1.29, 1.82) is 0 Å². The molecule has 2 N–H and O–H groups in total. The van der Waals surface area contributed by atoms with Crippen molar-refractivity contribution in [2.75, 3.05) is 27.2 Å². The van der Waals surface area contributed by atoms with E-state index in [1.807, 2.05) is 17.3 Å².